The summed E-state index contributed by atoms with van der Waals surface area (Å²) in [5.74, 6) is 0.0102. The van der Waals surface area contributed by atoms with E-state index in [1.54, 1.807) is 24.7 Å². The van der Waals surface area contributed by atoms with Crippen molar-refractivity contribution in [1.29, 1.82) is 0 Å². The normalized spacial score (nSPS) is 11.5. The van der Waals surface area contributed by atoms with Crippen LogP contribution < -0.4 is 11.1 Å². The van der Waals surface area contributed by atoms with Gasteiger partial charge in [0.15, 0.2) is 5.84 Å². The smallest absolute Gasteiger partial charge is 0.188 e. The van der Waals surface area contributed by atoms with Gasteiger partial charge in [-0.05, 0) is 35.4 Å². The van der Waals surface area contributed by atoms with Gasteiger partial charge in [0.05, 0.1) is 0 Å². The van der Waals surface area contributed by atoms with Gasteiger partial charge in [-0.25, -0.2) is 0 Å². The maximum atomic E-state index is 8.61. The van der Waals surface area contributed by atoms with Gasteiger partial charge < -0.3 is 16.3 Å². The van der Waals surface area contributed by atoms with Gasteiger partial charge >= 0.3 is 0 Å². The van der Waals surface area contributed by atoms with Gasteiger partial charge in [-0.3, -0.25) is 9.97 Å². The number of nitrogens with one attached hydrogen (secondary N) is 1. The Labute approximate surface area is 111 Å². The second-order valence-corrected chi connectivity index (χ2v) is 3.99. The highest BCUT2D eigenvalue weighted by atomic mass is 16.4. The molecule has 0 radical (unpaired) electrons. The van der Waals surface area contributed by atoms with Crippen LogP contribution in [0.15, 0.2) is 48.0 Å². The first-order valence-electron chi connectivity index (χ1n) is 5.82. The number of nitrogens with zero attached hydrogens (tertiary/aromatic N) is 3. The van der Waals surface area contributed by atoms with Crippen LogP contribution in [0.1, 0.15) is 16.8 Å². The second-order valence-electron chi connectivity index (χ2n) is 3.99. The van der Waals surface area contributed by atoms with E-state index in [-0.39, 0.29) is 5.84 Å². The number of hydrogen-bond acceptors (Lipinski definition) is 5. The highest BCUT2D eigenvalue weighted by molar-refractivity contribution is 5.95. The van der Waals surface area contributed by atoms with E-state index in [9.17, 15) is 0 Å². The minimum absolute atomic E-state index is 0.0102. The number of nitrogens with two attached hydrogens (primary N) is 1. The van der Waals surface area contributed by atoms with E-state index in [1.165, 1.54) is 5.56 Å². The van der Waals surface area contributed by atoms with Gasteiger partial charge in [0.2, 0.25) is 0 Å². The van der Waals surface area contributed by atoms with E-state index < -0.39 is 0 Å². The fraction of sp³-hybridized carbons (Fsp3) is 0.154. The molecule has 0 aliphatic carbocycles. The third-order valence-electron chi connectivity index (χ3n) is 2.60. The van der Waals surface area contributed by atoms with E-state index >= 15 is 0 Å². The molecule has 6 nitrogen and oxygen atoms in total. The summed E-state index contributed by atoms with van der Waals surface area (Å²) in [6.07, 6.45) is 5.16. The third kappa shape index (κ3) is 3.75. The number of hydrogen-bond donors (Lipinski definition) is 3. The monoisotopic (exact) mass is 257 g/mol. The van der Waals surface area contributed by atoms with Crippen molar-refractivity contribution in [2.75, 3.05) is 0 Å². The largest absolute Gasteiger partial charge is 0.409 e. The molecule has 0 spiro atoms. The molecule has 0 bridgehead atoms. The summed E-state index contributed by atoms with van der Waals surface area (Å²) in [5.41, 5.74) is 8.14. The summed E-state index contributed by atoms with van der Waals surface area (Å²) in [4.78, 5) is 7.99. The molecule has 0 saturated heterocycles. The first-order valence-corrected chi connectivity index (χ1v) is 5.82. The number of amidine groups is 1. The van der Waals surface area contributed by atoms with Gasteiger partial charge in [-0.2, -0.15) is 0 Å². The van der Waals surface area contributed by atoms with Crippen molar-refractivity contribution in [2.45, 2.75) is 13.1 Å². The molecule has 2 aromatic heterocycles. The summed E-state index contributed by atoms with van der Waals surface area (Å²) in [5, 5.41) is 14.8. The maximum Gasteiger partial charge on any atom is 0.188 e. The second kappa shape index (κ2) is 6.46. The van der Waals surface area contributed by atoms with Gasteiger partial charge in [-0.1, -0.05) is 5.16 Å². The van der Waals surface area contributed by atoms with E-state index in [4.69, 9.17) is 10.9 Å². The summed E-state index contributed by atoms with van der Waals surface area (Å²) in [6.45, 7) is 1.43. The zero-order valence-electron chi connectivity index (χ0n) is 10.3. The zero-order chi connectivity index (χ0) is 13.5. The fourth-order valence-electron chi connectivity index (χ4n) is 1.63. The van der Waals surface area contributed by atoms with Crippen molar-refractivity contribution in [2.24, 2.45) is 10.9 Å². The fourth-order valence-corrected chi connectivity index (χ4v) is 1.63. The average Bonchev–Trinajstić information content (AvgIpc) is 2.48. The van der Waals surface area contributed by atoms with Crippen LogP contribution in [0.2, 0.25) is 0 Å². The lowest BCUT2D eigenvalue weighted by molar-refractivity contribution is 0.318. The van der Waals surface area contributed by atoms with Crippen molar-refractivity contribution in [1.82, 2.24) is 15.3 Å². The molecule has 2 heterocycles. The Morgan fingerprint density at radius 3 is 2.58 bits per heavy atom. The minimum Gasteiger partial charge on any atom is -0.409 e. The van der Waals surface area contributed by atoms with Crippen molar-refractivity contribution in [3.63, 3.8) is 0 Å². The predicted octanol–water partition coefficient (Wildman–Crippen LogP) is 0.861. The van der Waals surface area contributed by atoms with E-state index in [0.717, 1.165) is 12.1 Å². The quantitative estimate of drug-likeness (QED) is 0.319. The Bertz CT molecular complexity index is 556. The number of rotatable bonds is 5. The van der Waals surface area contributed by atoms with Gasteiger partial charge in [0.1, 0.15) is 5.69 Å². The third-order valence-corrected chi connectivity index (χ3v) is 2.60. The number of oxime groups is 1. The molecule has 0 amide bonds. The Hall–Kier alpha value is -2.47. The molecule has 0 aliphatic rings. The average molecular weight is 257 g/mol. The minimum atomic E-state index is 0.0102. The van der Waals surface area contributed by atoms with Crippen LogP contribution in [0.25, 0.3) is 0 Å². The molecule has 0 unspecified atom stereocenters. The molecule has 2 rings (SSSR count). The SMILES string of the molecule is NC(=NO)c1cc(CNCc2ccncc2)ccn1. The maximum absolute atomic E-state index is 8.61. The Balaban J connectivity index is 1.93. The van der Waals surface area contributed by atoms with Crippen molar-refractivity contribution >= 4 is 5.84 Å². The highest BCUT2D eigenvalue weighted by Crippen LogP contribution is 2.02. The lowest BCUT2D eigenvalue weighted by Gasteiger charge is -2.06. The lowest BCUT2D eigenvalue weighted by atomic mass is 10.2. The summed E-state index contributed by atoms with van der Waals surface area (Å²) < 4.78 is 0. The Kier molecular flexibility index (Phi) is 4.41. The van der Waals surface area contributed by atoms with Crippen LogP contribution in [-0.2, 0) is 13.1 Å². The topological polar surface area (TPSA) is 96.4 Å². The van der Waals surface area contributed by atoms with E-state index in [1.807, 2.05) is 18.2 Å². The number of aromatic nitrogens is 2. The van der Waals surface area contributed by atoms with E-state index in [0.29, 0.717) is 12.2 Å². The predicted molar refractivity (Wildman–Crippen MR) is 71.5 cm³/mol. The van der Waals surface area contributed by atoms with Crippen LogP contribution in [0.3, 0.4) is 0 Å². The van der Waals surface area contributed by atoms with Crippen LogP contribution in [0, 0.1) is 0 Å². The van der Waals surface area contributed by atoms with Gasteiger partial charge in [0.25, 0.3) is 0 Å². The zero-order valence-corrected chi connectivity index (χ0v) is 10.3. The standard InChI is InChI=1S/C13H15N5O/c14-13(18-19)12-7-11(3-6-17-12)9-16-8-10-1-4-15-5-2-10/h1-7,16,19H,8-9H2,(H2,14,18). The summed E-state index contributed by atoms with van der Waals surface area (Å²) in [7, 11) is 0. The Morgan fingerprint density at radius 1 is 1.16 bits per heavy atom. The molecule has 4 N–H and O–H groups in total. The van der Waals surface area contributed by atoms with Gasteiger partial charge in [0, 0.05) is 31.7 Å². The first kappa shape index (κ1) is 13.0. The molecule has 0 atom stereocenters. The molecule has 19 heavy (non-hydrogen) atoms. The molecule has 0 saturated carbocycles. The number of pyridine rings is 2. The van der Waals surface area contributed by atoms with Crippen LogP contribution in [0.4, 0.5) is 0 Å². The molecular weight excluding hydrogens is 242 g/mol. The van der Waals surface area contributed by atoms with Crippen LogP contribution in [0.5, 0.6) is 0 Å². The molecule has 0 aromatic carbocycles. The molecule has 2 aromatic rings. The molecular formula is C13H15N5O. The highest BCUT2D eigenvalue weighted by Gasteiger charge is 2.02. The van der Waals surface area contributed by atoms with Crippen LogP contribution >= 0.6 is 0 Å². The first-order chi connectivity index (χ1) is 9.29. The lowest BCUT2D eigenvalue weighted by Crippen LogP contribution is -2.17. The van der Waals surface area contributed by atoms with E-state index in [2.05, 4.69) is 20.4 Å². The van der Waals surface area contributed by atoms with Gasteiger partial charge in [-0.15, -0.1) is 0 Å². The molecule has 0 aliphatic heterocycles. The van der Waals surface area contributed by atoms with Crippen molar-refractivity contribution in [3.8, 4) is 0 Å². The summed E-state index contributed by atoms with van der Waals surface area (Å²) >= 11 is 0. The molecule has 6 heteroatoms. The molecule has 98 valence electrons. The van der Waals surface area contributed by atoms with Crippen molar-refractivity contribution < 1.29 is 5.21 Å². The van der Waals surface area contributed by atoms with Crippen LogP contribution in [-0.4, -0.2) is 21.0 Å². The Morgan fingerprint density at radius 2 is 1.84 bits per heavy atom. The molecule has 0 fully saturated rings. The van der Waals surface area contributed by atoms with Crippen molar-refractivity contribution in [3.05, 3.63) is 59.7 Å². The summed E-state index contributed by atoms with van der Waals surface area (Å²) in [6, 6.07) is 7.59.